The van der Waals surface area contributed by atoms with Crippen LogP contribution in [0.1, 0.15) is 13.8 Å². The lowest BCUT2D eigenvalue weighted by Gasteiger charge is -1.95. The topological polar surface area (TPSA) is 26.3 Å². The van der Waals surface area contributed by atoms with E-state index >= 15 is 0 Å². The molecule has 1 aliphatic heterocycles. The lowest BCUT2D eigenvalue weighted by atomic mass is 10.3. The third-order valence-corrected chi connectivity index (χ3v) is 2.51. The lowest BCUT2D eigenvalue weighted by molar-refractivity contribution is -0.141. The zero-order valence-electron chi connectivity index (χ0n) is 5.59. The highest BCUT2D eigenvalue weighted by Gasteiger charge is 2.41. The number of hydrogen-bond acceptors (Lipinski definition) is 3. The largest absolute Gasteiger partial charge is 0.465 e. The van der Waals surface area contributed by atoms with E-state index in [9.17, 15) is 4.79 Å². The molecule has 1 rings (SSSR count). The number of hydrogen-bond donors (Lipinski definition) is 0. The van der Waals surface area contributed by atoms with Gasteiger partial charge in [0.05, 0.1) is 6.61 Å². The van der Waals surface area contributed by atoms with E-state index in [0.29, 0.717) is 11.9 Å². The SMILES string of the molecule is CCOC(=O)C1SC1C. The van der Waals surface area contributed by atoms with Crippen LogP contribution >= 0.6 is 11.8 Å². The van der Waals surface area contributed by atoms with Crippen LogP contribution in [0.5, 0.6) is 0 Å². The predicted molar refractivity (Wildman–Crippen MR) is 37.5 cm³/mol. The number of carbonyl (C=O) groups is 1. The van der Waals surface area contributed by atoms with Crippen LogP contribution in [0.3, 0.4) is 0 Å². The lowest BCUT2D eigenvalue weighted by Crippen LogP contribution is -2.11. The van der Waals surface area contributed by atoms with Gasteiger partial charge in [-0.25, -0.2) is 0 Å². The normalized spacial score (nSPS) is 31.8. The molecule has 2 nitrogen and oxygen atoms in total. The average Bonchev–Trinajstić information content (AvgIpc) is 2.47. The van der Waals surface area contributed by atoms with Gasteiger partial charge in [-0.2, -0.15) is 0 Å². The monoisotopic (exact) mass is 146 g/mol. The first kappa shape index (κ1) is 6.93. The summed E-state index contributed by atoms with van der Waals surface area (Å²) < 4.78 is 4.78. The summed E-state index contributed by atoms with van der Waals surface area (Å²) in [5, 5.41) is 0.633. The quantitative estimate of drug-likeness (QED) is 0.430. The van der Waals surface area contributed by atoms with Crippen LogP contribution in [0, 0.1) is 0 Å². The smallest absolute Gasteiger partial charge is 0.320 e. The molecule has 52 valence electrons. The van der Waals surface area contributed by atoms with Crippen molar-refractivity contribution in [1.29, 1.82) is 0 Å². The Kier molecular flexibility index (Phi) is 2.01. The summed E-state index contributed by atoms with van der Waals surface area (Å²) in [5.74, 6) is -0.0463. The van der Waals surface area contributed by atoms with Gasteiger partial charge in [-0.05, 0) is 6.92 Å². The van der Waals surface area contributed by atoms with Crippen molar-refractivity contribution in [3.05, 3.63) is 0 Å². The van der Waals surface area contributed by atoms with E-state index < -0.39 is 0 Å². The standard InChI is InChI=1S/C6H10O2S/c1-3-8-6(7)5-4(2)9-5/h4-5H,3H2,1-2H3. The van der Waals surface area contributed by atoms with Crippen LogP contribution in [-0.2, 0) is 9.53 Å². The second kappa shape index (κ2) is 2.60. The van der Waals surface area contributed by atoms with Crippen molar-refractivity contribution in [2.24, 2.45) is 0 Å². The molecule has 0 aromatic heterocycles. The van der Waals surface area contributed by atoms with Gasteiger partial charge in [-0.15, -0.1) is 11.8 Å². The van der Waals surface area contributed by atoms with Crippen LogP contribution < -0.4 is 0 Å². The molecule has 2 unspecified atom stereocenters. The molecule has 0 radical (unpaired) electrons. The fourth-order valence-electron chi connectivity index (χ4n) is 0.657. The Hall–Kier alpha value is -0.180. The molecule has 0 aromatic rings. The average molecular weight is 146 g/mol. The van der Waals surface area contributed by atoms with Gasteiger partial charge >= 0.3 is 5.97 Å². The third kappa shape index (κ3) is 1.61. The zero-order valence-corrected chi connectivity index (χ0v) is 6.40. The van der Waals surface area contributed by atoms with Crippen molar-refractivity contribution < 1.29 is 9.53 Å². The molecule has 1 heterocycles. The zero-order chi connectivity index (χ0) is 6.85. The molecule has 2 atom stereocenters. The van der Waals surface area contributed by atoms with Crippen molar-refractivity contribution in [3.63, 3.8) is 0 Å². The van der Waals surface area contributed by atoms with E-state index in [1.54, 1.807) is 11.8 Å². The fraction of sp³-hybridized carbons (Fsp3) is 0.833. The minimum absolute atomic E-state index is 0.0463. The Bertz CT molecular complexity index is 124. The van der Waals surface area contributed by atoms with E-state index in [4.69, 9.17) is 4.74 Å². The summed E-state index contributed by atoms with van der Waals surface area (Å²) in [6.07, 6.45) is 0. The molecule has 9 heavy (non-hydrogen) atoms. The second-order valence-electron chi connectivity index (χ2n) is 2.01. The van der Waals surface area contributed by atoms with E-state index in [1.807, 2.05) is 13.8 Å². The maximum Gasteiger partial charge on any atom is 0.320 e. The van der Waals surface area contributed by atoms with Crippen LogP contribution in [0.25, 0.3) is 0 Å². The number of ether oxygens (including phenoxy) is 1. The van der Waals surface area contributed by atoms with Gasteiger partial charge in [-0.1, -0.05) is 6.92 Å². The van der Waals surface area contributed by atoms with Gasteiger partial charge in [0.25, 0.3) is 0 Å². The molecule has 1 fully saturated rings. The Morgan fingerprint density at radius 3 is 2.67 bits per heavy atom. The van der Waals surface area contributed by atoms with E-state index in [0.717, 1.165) is 0 Å². The van der Waals surface area contributed by atoms with Crippen molar-refractivity contribution in [3.8, 4) is 0 Å². The molecule has 1 aliphatic rings. The molecule has 0 spiro atoms. The van der Waals surface area contributed by atoms with Crippen LogP contribution in [-0.4, -0.2) is 23.1 Å². The van der Waals surface area contributed by atoms with Gasteiger partial charge in [0.15, 0.2) is 0 Å². The van der Waals surface area contributed by atoms with Crippen molar-refractivity contribution >= 4 is 17.7 Å². The molecule has 0 aliphatic carbocycles. The summed E-state index contributed by atoms with van der Waals surface area (Å²) in [7, 11) is 0. The molecular weight excluding hydrogens is 136 g/mol. The van der Waals surface area contributed by atoms with Gasteiger partial charge in [0.1, 0.15) is 5.25 Å². The maximum atomic E-state index is 10.8. The molecule has 3 heteroatoms. The molecule has 1 saturated heterocycles. The van der Waals surface area contributed by atoms with Gasteiger partial charge < -0.3 is 4.74 Å². The third-order valence-electron chi connectivity index (χ3n) is 1.23. The van der Waals surface area contributed by atoms with Crippen LogP contribution in [0.4, 0.5) is 0 Å². The Balaban J connectivity index is 2.20. The van der Waals surface area contributed by atoms with Gasteiger partial charge in [-0.3, -0.25) is 4.79 Å². The minimum atomic E-state index is -0.0463. The first-order chi connectivity index (χ1) is 4.25. The highest BCUT2D eigenvalue weighted by atomic mass is 32.2. The number of thioether (sulfide) groups is 1. The Labute approximate surface area is 59.0 Å². The fourth-order valence-corrected chi connectivity index (χ4v) is 1.32. The number of carbonyl (C=O) groups excluding carboxylic acids is 1. The molecular formula is C6H10O2S. The van der Waals surface area contributed by atoms with E-state index in [2.05, 4.69) is 0 Å². The second-order valence-corrected chi connectivity index (χ2v) is 3.54. The first-order valence-electron chi connectivity index (χ1n) is 3.07. The van der Waals surface area contributed by atoms with Gasteiger partial charge in [0, 0.05) is 5.25 Å². The van der Waals surface area contributed by atoms with E-state index in [1.165, 1.54) is 0 Å². The minimum Gasteiger partial charge on any atom is -0.465 e. The summed E-state index contributed by atoms with van der Waals surface area (Å²) in [4.78, 5) is 10.8. The van der Waals surface area contributed by atoms with Crippen LogP contribution in [0.2, 0.25) is 0 Å². The first-order valence-corrected chi connectivity index (χ1v) is 4.02. The Morgan fingerprint density at radius 1 is 1.78 bits per heavy atom. The van der Waals surface area contributed by atoms with Crippen molar-refractivity contribution in [2.45, 2.75) is 24.3 Å². The van der Waals surface area contributed by atoms with E-state index in [-0.39, 0.29) is 11.2 Å². The number of esters is 1. The summed E-state index contributed by atoms with van der Waals surface area (Å²) in [6, 6.07) is 0. The van der Waals surface area contributed by atoms with Crippen molar-refractivity contribution in [2.75, 3.05) is 6.61 Å². The Morgan fingerprint density at radius 2 is 2.33 bits per heavy atom. The summed E-state index contributed by atoms with van der Waals surface area (Å²) in [6.45, 7) is 4.37. The highest BCUT2D eigenvalue weighted by molar-refractivity contribution is 8.08. The molecule has 0 aromatic carbocycles. The van der Waals surface area contributed by atoms with Crippen molar-refractivity contribution in [1.82, 2.24) is 0 Å². The number of rotatable bonds is 2. The maximum absolute atomic E-state index is 10.8. The summed E-state index contributed by atoms with van der Waals surface area (Å²) >= 11 is 1.66. The molecule has 0 saturated carbocycles. The highest BCUT2D eigenvalue weighted by Crippen LogP contribution is 2.41. The predicted octanol–water partition coefficient (Wildman–Crippen LogP) is 1.05. The molecule has 0 N–H and O–H groups in total. The summed E-state index contributed by atoms with van der Waals surface area (Å²) in [5.41, 5.74) is 0. The van der Waals surface area contributed by atoms with Gasteiger partial charge in [0.2, 0.25) is 0 Å². The van der Waals surface area contributed by atoms with Crippen LogP contribution in [0.15, 0.2) is 0 Å². The molecule has 0 bridgehead atoms. The molecule has 0 amide bonds.